The van der Waals surface area contributed by atoms with Crippen LogP contribution in [0.4, 0.5) is 5.69 Å². The molecule has 0 saturated carbocycles. The fourth-order valence-corrected chi connectivity index (χ4v) is 5.13. The lowest BCUT2D eigenvalue weighted by Crippen LogP contribution is -2.58. The van der Waals surface area contributed by atoms with Gasteiger partial charge in [0.25, 0.3) is 0 Å². The molecule has 1 aromatic carbocycles. The van der Waals surface area contributed by atoms with E-state index in [1.807, 2.05) is 31.3 Å². The molecule has 4 aliphatic rings. The van der Waals surface area contributed by atoms with Crippen LogP contribution < -0.4 is 10.6 Å². The molecule has 0 radical (unpaired) electrons. The van der Waals surface area contributed by atoms with Gasteiger partial charge in [0.2, 0.25) is 11.8 Å². The van der Waals surface area contributed by atoms with Crippen molar-refractivity contribution in [3.8, 4) is 0 Å². The summed E-state index contributed by atoms with van der Waals surface area (Å²) in [7, 11) is 1.81. The van der Waals surface area contributed by atoms with Crippen LogP contribution in [0.2, 0.25) is 0 Å². The maximum Gasteiger partial charge on any atom is 0.238 e. The molecule has 4 heterocycles. The van der Waals surface area contributed by atoms with Crippen LogP contribution in [-0.4, -0.2) is 43.4 Å². The summed E-state index contributed by atoms with van der Waals surface area (Å²) in [5.74, 6) is 0.329. The van der Waals surface area contributed by atoms with Gasteiger partial charge in [-0.25, -0.2) is 0 Å². The Labute approximate surface area is 136 Å². The summed E-state index contributed by atoms with van der Waals surface area (Å²) in [4.78, 5) is 29.4. The summed E-state index contributed by atoms with van der Waals surface area (Å²) >= 11 is 0. The smallest absolute Gasteiger partial charge is 0.238 e. The number of hydrogen-bond acceptors (Lipinski definition) is 3. The molecule has 5 heteroatoms. The molecule has 2 unspecified atom stereocenters. The number of amides is 2. The van der Waals surface area contributed by atoms with Crippen molar-refractivity contribution in [2.24, 2.45) is 17.6 Å². The Kier molecular flexibility index (Phi) is 3.23. The van der Waals surface area contributed by atoms with Crippen LogP contribution in [-0.2, 0) is 15.0 Å². The number of piperidine rings is 3. The molecule has 0 spiro atoms. The number of hydrogen-bond donors (Lipinski definition) is 1. The van der Waals surface area contributed by atoms with Crippen LogP contribution in [0.1, 0.15) is 24.8 Å². The van der Waals surface area contributed by atoms with E-state index in [0.717, 1.165) is 43.7 Å². The average molecular weight is 313 g/mol. The van der Waals surface area contributed by atoms with E-state index in [-0.39, 0.29) is 24.2 Å². The van der Waals surface area contributed by atoms with Crippen LogP contribution >= 0.6 is 0 Å². The van der Waals surface area contributed by atoms with Crippen LogP contribution in [0, 0.1) is 11.8 Å². The molecule has 2 N–H and O–H groups in total. The molecule has 23 heavy (non-hydrogen) atoms. The van der Waals surface area contributed by atoms with E-state index in [2.05, 4.69) is 4.90 Å². The summed E-state index contributed by atoms with van der Waals surface area (Å²) in [5.41, 5.74) is 6.74. The van der Waals surface area contributed by atoms with Gasteiger partial charge >= 0.3 is 0 Å². The maximum absolute atomic E-state index is 13.3. The quantitative estimate of drug-likeness (QED) is 0.909. The third kappa shape index (κ3) is 1.96. The van der Waals surface area contributed by atoms with Gasteiger partial charge in [-0.1, -0.05) is 18.2 Å². The van der Waals surface area contributed by atoms with E-state index in [0.29, 0.717) is 5.92 Å². The molecule has 122 valence electrons. The van der Waals surface area contributed by atoms with Crippen LogP contribution in [0.25, 0.3) is 0 Å². The minimum absolute atomic E-state index is 0.0382. The number of anilines is 1. The number of rotatable bonds is 3. The van der Waals surface area contributed by atoms with Crippen molar-refractivity contribution in [3.63, 3.8) is 0 Å². The van der Waals surface area contributed by atoms with Gasteiger partial charge in [0.1, 0.15) is 0 Å². The first-order chi connectivity index (χ1) is 11.0. The Balaban J connectivity index is 1.88. The molecule has 5 rings (SSSR count). The van der Waals surface area contributed by atoms with Crippen molar-refractivity contribution in [1.29, 1.82) is 0 Å². The Morgan fingerprint density at radius 1 is 1.30 bits per heavy atom. The maximum atomic E-state index is 13.3. The Bertz CT molecular complexity index is 666. The number of carbonyl (C=O) groups is 2. The lowest BCUT2D eigenvalue weighted by molar-refractivity contribution is -0.133. The van der Waals surface area contributed by atoms with E-state index in [1.54, 1.807) is 4.90 Å². The second-order valence-electron chi connectivity index (χ2n) is 7.24. The standard InChI is InChI=1S/C18H23N3O2/c1-20-15-5-3-2-4-13(15)18(17(20)23,10-16(19)22)14-11-21-8-6-12(14)7-9-21/h2-5,12,14H,6-11H2,1H3,(H2,19,22). The van der Waals surface area contributed by atoms with Gasteiger partial charge in [0.15, 0.2) is 0 Å². The zero-order chi connectivity index (χ0) is 16.2. The van der Waals surface area contributed by atoms with Crippen molar-refractivity contribution in [2.75, 3.05) is 31.6 Å². The van der Waals surface area contributed by atoms with Gasteiger partial charge in [-0.15, -0.1) is 0 Å². The van der Waals surface area contributed by atoms with Crippen molar-refractivity contribution >= 4 is 17.5 Å². The molecule has 3 fully saturated rings. The number of benzene rings is 1. The number of carbonyl (C=O) groups excluding carboxylic acids is 2. The average Bonchev–Trinajstić information content (AvgIpc) is 2.79. The third-order valence-electron chi connectivity index (χ3n) is 6.17. The van der Waals surface area contributed by atoms with Gasteiger partial charge in [0.05, 0.1) is 5.41 Å². The molecule has 4 aliphatic heterocycles. The normalized spacial score (nSPS) is 35.4. The number of para-hydroxylation sites is 1. The second-order valence-corrected chi connectivity index (χ2v) is 7.24. The summed E-state index contributed by atoms with van der Waals surface area (Å²) in [6.45, 7) is 3.12. The third-order valence-corrected chi connectivity index (χ3v) is 6.17. The van der Waals surface area contributed by atoms with Crippen molar-refractivity contribution < 1.29 is 9.59 Å². The molecular weight excluding hydrogens is 290 g/mol. The summed E-state index contributed by atoms with van der Waals surface area (Å²) in [5, 5.41) is 0. The second kappa shape index (κ2) is 5.06. The molecule has 1 aromatic rings. The molecule has 0 aromatic heterocycles. The summed E-state index contributed by atoms with van der Waals surface area (Å²) < 4.78 is 0. The van der Waals surface area contributed by atoms with Crippen LogP contribution in [0.3, 0.4) is 0 Å². The summed E-state index contributed by atoms with van der Waals surface area (Å²) in [6, 6.07) is 7.89. The van der Waals surface area contributed by atoms with Crippen LogP contribution in [0.15, 0.2) is 24.3 Å². The highest BCUT2D eigenvalue weighted by Crippen LogP contribution is 2.53. The molecule has 2 bridgehead atoms. The van der Waals surface area contributed by atoms with Crippen LogP contribution in [0.5, 0.6) is 0 Å². The van der Waals surface area contributed by atoms with Crippen molar-refractivity contribution in [3.05, 3.63) is 29.8 Å². The number of nitrogens with zero attached hydrogens (tertiary/aromatic N) is 2. The first kappa shape index (κ1) is 14.7. The lowest BCUT2D eigenvalue weighted by atomic mass is 9.60. The minimum Gasteiger partial charge on any atom is -0.370 e. The van der Waals surface area contributed by atoms with Gasteiger partial charge < -0.3 is 15.5 Å². The van der Waals surface area contributed by atoms with Gasteiger partial charge in [0, 0.05) is 25.7 Å². The van der Waals surface area contributed by atoms with Gasteiger partial charge in [-0.3, -0.25) is 9.59 Å². The first-order valence-corrected chi connectivity index (χ1v) is 8.42. The highest BCUT2D eigenvalue weighted by Gasteiger charge is 2.58. The predicted octanol–water partition coefficient (Wildman–Crippen LogP) is 1.12. The van der Waals surface area contributed by atoms with Gasteiger partial charge in [-0.05, 0) is 49.4 Å². The Morgan fingerprint density at radius 2 is 2.00 bits per heavy atom. The molecule has 3 saturated heterocycles. The molecule has 2 amide bonds. The molecule has 0 aliphatic carbocycles. The van der Waals surface area contributed by atoms with E-state index in [4.69, 9.17) is 5.73 Å². The van der Waals surface area contributed by atoms with Gasteiger partial charge in [-0.2, -0.15) is 0 Å². The van der Waals surface area contributed by atoms with E-state index < -0.39 is 5.41 Å². The number of likely N-dealkylation sites (N-methyl/N-ethyl adjacent to an activating group) is 1. The zero-order valence-corrected chi connectivity index (χ0v) is 13.5. The van der Waals surface area contributed by atoms with E-state index in [1.165, 1.54) is 0 Å². The summed E-state index contributed by atoms with van der Waals surface area (Å²) in [6.07, 6.45) is 2.34. The SMILES string of the molecule is CN1C(=O)C(CC(N)=O)(C2CN3CCC2CC3)c2ccccc21. The fraction of sp³-hybridized carbons (Fsp3) is 0.556. The number of nitrogens with two attached hydrogens (primary N) is 1. The predicted molar refractivity (Wildman–Crippen MR) is 88.0 cm³/mol. The fourth-order valence-electron chi connectivity index (χ4n) is 5.13. The molecule has 2 atom stereocenters. The van der Waals surface area contributed by atoms with E-state index in [9.17, 15) is 9.59 Å². The molecular formula is C18H23N3O2. The van der Waals surface area contributed by atoms with Crippen molar-refractivity contribution in [2.45, 2.75) is 24.7 Å². The minimum atomic E-state index is -0.777. The highest BCUT2D eigenvalue weighted by molar-refractivity contribution is 6.10. The largest absolute Gasteiger partial charge is 0.370 e. The Hall–Kier alpha value is -1.88. The van der Waals surface area contributed by atoms with Crippen molar-refractivity contribution in [1.82, 2.24) is 4.90 Å². The number of primary amides is 1. The Morgan fingerprint density at radius 3 is 2.61 bits per heavy atom. The lowest BCUT2D eigenvalue weighted by Gasteiger charge is -2.51. The highest BCUT2D eigenvalue weighted by atomic mass is 16.2. The zero-order valence-electron chi connectivity index (χ0n) is 13.5. The first-order valence-electron chi connectivity index (χ1n) is 8.42. The topological polar surface area (TPSA) is 66.6 Å². The number of fused-ring (bicyclic) bond motifs is 4. The van der Waals surface area contributed by atoms with E-state index >= 15 is 0 Å². The monoisotopic (exact) mass is 313 g/mol. The molecule has 5 nitrogen and oxygen atoms in total.